The third-order valence-corrected chi connectivity index (χ3v) is 3.99. The molecule has 1 aromatic heterocycles. The minimum Gasteiger partial charge on any atom is -0.249 e. The van der Waals surface area contributed by atoms with E-state index in [1.165, 1.54) is 12.8 Å². The first-order valence-electron chi connectivity index (χ1n) is 5.99. The van der Waals surface area contributed by atoms with E-state index < -0.39 is 0 Å². The van der Waals surface area contributed by atoms with Crippen molar-refractivity contribution in [2.45, 2.75) is 50.5 Å². The van der Waals surface area contributed by atoms with E-state index in [4.69, 9.17) is 16.9 Å². The average molecular weight is 236 g/mol. The molecule has 0 N–H and O–H groups in total. The molecule has 0 aliphatic heterocycles. The smallest absolute Gasteiger partial charge is 0.145 e. The highest BCUT2D eigenvalue weighted by Gasteiger charge is 2.33. The van der Waals surface area contributed by atoms with Gasteiger partial charge in [-0.1, -0.05) is 24.4 Å². The zero-order valence-corrected chi connectivity index (χ0v) is 9.87. The van der Waals surface area contributed by atoms with Gasteiger partial charge in [0.25, 0.3) is 0 Å². The predicted octanol–water partition coefficient (Wildman–Crippen LogP) is 3.40. The molecule has 2 fully saturated rings. The van der Waals surface area contributed by atoms with Crippen molar-refractivity contribution in [3.8, 4) is 6.07 Å². The summed E-state index contributed by atoms with van der Waals surface area (Å²) < 4.78 is 1.90. The molecule has 2 saturated carbocycles. The molecule has 1 heterocycles. The molecular formula is C12H14ClN3. The molecule has 0 aromatic carbocycles. The van der Waals surface area contributed by atoms with Gasteiger partial charge in [0.1, 0.15) is 16.8 Å². The van der Waals surface area contributed by atoms with E-state index in [0.717, 1.165) is 31.4 Å². The average Bonchev–Trinajstić information content (AvgIpc) is 2.88. The molecule has 0 radical (unpaired) electrons. The summed E-state index contributed by atoms with van der Waals surface area (Å²) in [6.07, 6.45) is 7.12. The van der Waals surface area contributed by atoms with Crippen LogP contribution in [0.5, 0.6) is 0 Å². The van der Waals surface area contributed by atoms with E-state index in [9.17, 15) is 0 Å². The van der Waals surface area contributed by atoms with Crippen molar-refractivity contribution >= 4 is 11.6 Å². The molecule has 0 unspecified atom stereocenters. The first-order valence-corrected chi connectivity index (χ1v) is 6.37. The van der Waals surface area contributed by atoms with E-state index in [2.05, 4.69) is 11.2 Å². The minimum absolute atomic E-state index is 0.423. The van der Waals surface area contributed by atoms with Crippen LogP contribution in [0.1, 0.15) is 61.7 Å². The summed E-state index contributed by atoms with van der Waals surface area (Å²) in [5.74, 6) is 0.495. The van der Waals surface area contributed by atoms with Gasteiger partial charge in [-0.3, -0.25) is 0 Å². The highest BCUT2D eigenvalue weighted by Crippen LogP contribution is 2.43. The molecule has 3 rings (SSSR count). The third kappa shape index (κ3) is 1.53. The lowest BCUT2D eigenvalue weighted by molar-refractivity contribution is 0.463. The van der Waals surface area contributed by atoms with Gasteiger partial charge in [0.15, 0.2) is 0 Å². The number of hydrogen-bond donors (Lipinski definition) is 0. The maximum absolute atomic E-state index is 9.14. The monoisotopic (exact) mass is 235 g/mol. The largest absolute Gasteiger partial charge is 0.249 e. The van der Waals surface area contributed by atoms with Gasteiger partial charge < -0.3 is 0 Å². The maximum atomic E-state index is 9.14. The number of aromatic nitrogens is 2. The molecule has 2 aliphatic carbocycles. The van der Waals surface area contributed by atoms with E-state index in [1.807, 2.05) is 4.68 Å². The van der Waals surface area contributed by atoms with Crippen LogP contribution in [0.2, 0.25) is 5.15 Å². The van der Waals surface area contributed by atoms with Gasteiger partial charge in [0.2, 0.25) is 0 Å². The number of nitriles is 1. The summed E-state index contributed by atoms with van der Waals surface area (Å²) in [4.78, 5) is 0. The summed E-state index contributed by atoms with van der Waals surface area (Å²) in [6.45, 7) is 0. The molecular weight excluding hydrogens is 222 g/mol. The fourth-order valence-electron chi connectivity index (χ4n) is 2.57. The number of rotatable bonds is 2. The normalized spacial score (nSPS) is 21.2. The first kappa shape index (κ1) is 10.2. The van der Waals surface area contributed by atoms with Crippen LogP contribution in [0.3, 0.4) is 0 Å². The zero-order valence-electron chi connectivity index (χ0n) is 9.12. The summed E-state index contributed by atoms with van der Waals surface area (Å²) in [7, 11) is 0. The minimum atomic E-state index is 0.423. The zero-order chi connectivity index (χ0) is 11.1. The fourth-order valence-corrected chi connectivity index (χ4v) is 2.88. The first-order chi connectivity index (χ1) is 7.81. The van der Waals surface area contributed by atoms with Crippen molar-refractivity contribution < 1.29 is 0 Å². The van der Waals surface area contributed by atoms with Gasteiger partial charge in [-0.2, -0.15) is 10.4 Å². The lowest BCUT2D eigenvalue weighted by Gasteiger charge is -2.10. The van der Waals surface area contributed by atoms with Gasteiger partial charge in [0.05, 0.1) is 11.7 Å². The second kappa shape index (κ2) is 3.78. The Hall–Kier alpha value is -1.01. The number of nitrogens with zero attached hydrogens (tertiary/aromatic N) is 3. The quantitative estimate of drug-likeness (QED) is 0.788. The maximum Gasteiger partial charge on any atom is 0.145 e. The Morgan fingerprint density at radius 3 is 2.50 bits per heavy atom. The van der Waals surface area contributed by atoms with E-state index in [-0.39, 0.29) is 0 Å². The van der Waals surface area contributed by atoms with Crippen LogP contribution in [0.15, 0.2) is 0 Å². The second-order valence-electron chi connectivity index (χ2n) is 4.82. The summed E-state index contributed by atoms with van der Waals surface area (Å²) in [5.41, 5.74) is 1.57. The highest BCUT2D eigenvalue weighted by atomic mass is 35.5. The molecule has 84 valence electrons. The molecule has 16 heavy (non-hydrogen) atoms. The Balaban J connectivity index is 2.01. The third-order valence-electron chi connectivity index (χ3n) is 3.63. The molecule has 1 aromatic rings. The van der Waals surface area contributed by atoms with Crippen LogP contribution >= 0.6 is 11.6 Å². The summed E-state index contributed by atoms with van der Waals surface area (Å²) in [6, 6.07) is 2.64. The molecule has 0 atom stereocenters. The van der Waals surface area contributed by atoms with Crippen LogP contribution in [0.4, 0.5) is 0 Å². The lowest BCUT2D eigenvalue weighted by Crippen LogP contribution is -2.06. The summed E-state index contributed by atoms with van der Waals surface area (Å²) >= 11 is 6.26. The Bertz CT molecular complexity index is 448. The van der Waals surface area contributed by atoms with Crippen molar-refractivity contribution in [2.75, 3.05) is 0 Å². The van der Waals surface area contributed by atoms with Gasteiger partial charge in [-0.25, -0.2) is 4.68 Å². The van der Waals surface area contributed by atoms with Crippen LogP contribution in [-0.2, 0) is 0 Å². The molecule has 3 nitrogen and oxygen atoms in total. The van der Waals surface area contributed by atoms with E-state index >= 15 is 0 Å². The molecule has 2 aliphatic rings. The molecule has 0 amide bonds. The SMILES string of the molecule is N#Cc1c(C2CC2)nn(C2CCCC2)c1Cl. The Morgan fingerprint density at radius 1 is 1.25 bits per heavy atom. The second-order valence-corrected chi connectivity index (χ2v) is 5.18. The number of hydrogen-bond acceptors (Lipinski definition) is 2. The number of halogens is 1. The molecule has 4 heteroatoms. The van der Waals surface area contributed by atoms with E-state index in [0.29, 0.717) is 22.7 Å². The fraction of sp³-hybridized carbons (Fsp3) is 0.667. The Morgan fingerprint density at radius 2 is 1.94 bits per heavy atom. The van der Waals surface area contributed by atoms with Crippen LogP contribution in [0, 0.1) is 11.3 Å². The van der Waals surface area contributed by atoms with Gasteiger partial charge in [0, 0.05) is 5.92 Å². The van der Waals surface area contributed by atoms with Crippen molar-refractivity contribution in [2.24, 2.45) is 0 Å². The van der Waals surface area contributed by atoms with Crippen molar-refractivity contribution in [3.63, 3.8) is 0 Å². The van der Waals surface area contributed by atoms with E-state index in [1.54, 1.807) is 0 Å². The van der Waals surface area contributed by atoms with Crippen LogP contribution in [-0.4, -0.2) is 9.78 Å². The standard InChI is InChI=1S/C12H14ClN3/c13-12-10(7-14)11(8-5-6-8)15-16(12)9-3-1-2-4-9/h8-9H,1-6H2. The highest BCUT2D eigenvalue weighted by molar-refractivity contribution is 6.30. The predicted molar refractivity (Wildman–Crippen MR) is 61.4 cm³/mol. The van der Waals surface area contributed by atoms with Crippen molar-refractivity contribution in [3.05, 3.63) is 16.4 Å². The summed E-state index contributed by atoms with van der Waals surface area (Å²) in [5, 5.41) is 14.3. The van der Waals surface area contributed by atoms with Crippen molar-refractivity contribution in [1.82, 2.24) is 9.78 Å². The Kier molecular flexibility index (Phi) is 2.40. The lowest BCUT2D eigenvalue weighted by atomic mass is 10.2. The molecule has 0 saturated heterocycles. The molecule has 0 bridgehead atoms. The topological polar surface area (TPSA) is 41.6 Å². The molecule has 0 spiro atoms. The van der Waals surface area contributed by atoms with Crippen LogP contribution in [0.25, 0.3) is 0 Å². The Labute approximate surface area is 100 Å². The van der Waals surface area contributed by atoms with Crippen molar-refractivity contribution in [1.29, 1.82) is 5.26 Å². The van der Waals surface area contributed by atoms with Crippen LogP contribution < -0.4 is 0 Å². The van der Waals surface area contributed by atoms with Gasteiger partial charge in [-0.15, -0.1) is 0 Å². The van der Waals surface area contributed by atoms with Gasteiger partial charge >= 0.3 is 0 Å². The van der Waals surface area contributed by atoms with Gasteiger partial charge in [-0.05, 0) is 25.7 Å².